The first-order valence-electron chi connectivity index (χ1n) is 7.79. The lowest BCUT2D eigenvalue weighted by Crippen LogP contribution is -2.15. The Balaban J connectivity index is 1.82. The van der Waals surface area contributed by atoms with Gasteiger partial charge in [-0.2, -0.15) is 13.2 Å². The Morgan fingerprint density at radius 3 is 2.60 bits per heavy atom. The molecule has 0 aliphatic heterocycles. The van der Waals surface area contributed by atoms with Crippen LogP contribution in [0, 0.1) is 13.8 Å². The van der Waals surface area contributed by atoms with Crippen molar-refractivity contribution in [2.75, 3.05) is 5.32 Å². The van der Waals surface area contributed by atoms with Crippen molar-refractivity contribution in [3.05, 3.63) is 64.8 Å². The standard InChI is InChI=1S/C19H17F3N2O/c1-11-6-7-17-16(8-11)15(12(2)23-17)10-18(25)24-14-5-3-4-13(9-14)19(20,21)22/h3-9,23H,10H2,1-2H3,(H,24,25). The lowest BCUT2D eigenvalue weighted by Gasteiger charge is -2.10. The van der Waals surface area contributed by atoms with E-state index in [0.29, 0.717) is 0 Å². The van der Waals surface area contributed by atoms with E-state index in [1.807, 2.05) is 32.0 Å². The molecular weight excluding hydrogens is 329 g/mol. The van der Waals surface area contributed by atoms with Crippen LogP contribution in [0.2, 0.25) is 0 Å². The number of fused-ring (bicyclic) bond motifs is 1. The van der Waals surface area contributed by atoms with Gasteiger partial charge in [0.2, 0.25) is 5.91 Å². The summed E-state index contributed by atoms with van der Waals surface area (Å²) in [7, 11) is 0. The average molecular weight is 346 g/mol. The van der Waals surface area contributed by atoms with Gasteiger partial charge in [0.25, 0.3) is 0 Å². The molecule has 0 saturated carbocycles. The number of rotatable bonds is 3. The van der Waals surface area contributed by atoms with Crippen molar-refractivity contribution in [1.82, 2.24) is 4.98 Å². The van der Waals surface area contributed by atoms with E-state index in [1.165, 1.54) is 12.1 Å². The van der Waals surface area contributed by atoms with Gasteiger partial charge in [-0.15, -0.1) is 0 Å². The van der Waals surface area contributed by atoms with Crippen molar-refractivity contribution in [2.24, 2.45) is 0 Å². The van der Waals surface area contributed by atoms with Gasteiger partial charge in [-0.05, 0) is 49.7 Å². The summed E-state index contributed by atoms with van der Waals surface area (Å²) in [4.78, 5) is 15.5. The third-order valence-corrected chi connectivity index (χ3v) is 4.09. The molecule has 0 spiro atoms. The molecule has 2 aromatic carbocycles. The van der Waals surface area contributed by atoms with E-state index in [4.69, 9.17) is 0 Å². The smallest absolute Gasteiger partial charge is 0.358 e. The summed E-state index contributed by atoms with van der Waals surface area (Å²) in [5.41, 5.74) is 3.08. The third kappa shape index (κ3) is 3.68. The molecule has 0 radical (unpaired) electrons. The first kappa shape index (κ1) is 17.1. The van der Waals surface area contributed by atoms with Gasteiger partial charge in [0.15, 0.2) is 0 Å². The van der Waals surface area contributed by atoms with Gasteiger partial charge in [0.05, 0.1) is 12.0 Å². The molecule has 0 saturated heterocycles. The number of aromatic amines is 1. The van der Waals surface area contributed by atoms with Gasteiger partial charge in [-0.1, -0.05) is 17.7 Å². The molecule has 0 unspecified atom stereocenters. The number of hydrogen-bond donors (Lipinski definition) is 2. The Bertz CT molecular complexity index is 941. The Morgan fingerprint density at radius 2 is 1.88 bits per heavy atom. The number of aromatic nitrogens is 1. The van der Waals surface area contributed by atoms with Crippen molar-refractivity contribution >= 4 is 22.5 Å². The maximum atomic E-state index is 12.8. The van der Waals surface area contributed by atoms with Gasteiger partial charge < -0.3 is 10.3 Å². The van der Waals surface area contributed by atoms with E-state index < -0.39 is 11.7 Å². The number of carbonyl (C=O) groups is 1. The van der Waals surface area contributed by atoms with Crippen molar-refractivity contribution in [3.63, 3.8) is 0 Å². The zero-order chi connectivity index (χ0) is 18.2. The Morgan fingerprint density at radius 1 is 1.12 bits per heavy atom. The molecule has 3 aromatic rings. The van der Waals surface area contributed by atoms with E-state index in [2.05, 4.69) is 10.3 Å². The summed E-state index contributed by atoms with van der Waals surface area (Å²) in [5.74, 6) is -0.357. The zero-order valence-electron chi connectivity index (χ0n) is 13.8. The summed E-state index contributed by atoms with van der Waals surface area (Å²) >= 11 is 0. The second-order valence-electron chi connectivity index (χ2n) is 6.08. The van der Waals surface area contributed by atoms with Crippen molar-refractivity contribution in [2.45, 2.75) is 26.4 Å². The van der Waals surface area contributed by atoms with Crippen LogP contribution in [0.25, 0.3) is 10.9 Å². The predicted molar refractivity (Wildman–Crippen MR) is 91.6 cm³/mol. The van der Waals surface area contributed by atoms with Crippen LogP contribution < -0.4 is 5.32 Å². The van der Waals surface area contributed by atoms with Crippen LogP contribution in [0.5, 0.6) is 0 Å². The molecule has 1 aromatic heterocycles. The van der Waals surface area contributed by atoms with Crippen LogP contribution in [0.4, 0.5) is 18.9 Å². The molecule has 6 heteroatoms. The average Bonchev–Trinajstić information content (AvgIpc) is 2.82. The second-order valence-corrected chi connectivity index (χ2v) is 6.08. The summed E-state index contributed by atoms with van der Waals surface area (Å²) in [6.07, 6.45) is -4.35. The van der Waals surface area contributed by atoms with Crippen LogP contribution in [-0.2, 0) is 17.4 Å². The molecule has 0 aliphatic rings. The number of carbonyl (C=O) groups excluding carboxylic acids is 1. The molecular formula is C19H17F3N2O. The van der Waals surface area contributed by atoms with Crippen molar-refractivity contribution < 1.29 is 18.0 Å². The second kappa shape index (κ2) is 6.27. The highest BCUT2D eigenvalue weighted by Gasteiger charge is 2.30. The molecule has 1 heterocycles. The normalized spacial score (nSPS) is 11.7. The molecule has 3 nitrogen and oxygen atoms in total. The molecule has 130 valence electrons. The van der Waals surface area contributed by atoms with E-state index >= 15 is 0 Å². The van der Waals surface area contributed by atoms with E-state index in [-0.39, 0.29) is 18.0 Å². The number of alkyl halides is 3. The summed E-state index contributed by atoms with van der Waals surface area (Å²) in [5, 5.41) is 3.50. The van der Waals surface area contributed by atoms with Crippen LogP contribution in [-0.4, -0.2) is 10.9 Å². The number of hydrogen-bond acceptors (Lipinski definition) is 1. The quantitative estimate of drug-likeness (QED) is 0.690. The Kier molecular flexibility index (Phi) is 4.29. The van der Waals surface area contributed by atoms with E-state index in [9.17, 15) is 18.0 Å². The number of H-pyrrole nitrogens is 1. The van der Waals surface area contributed by atoms with Crippen LogP contribution >= 0.6 is 0 Å². The van der Waals surface area contributed by atoms with Gasteiger partial charge in [-0.25, -0.2) is 0 Å². The van der Waals surface area contributed by atoms with Crippen LogP contribution in [0.1, 0.15) is 22.4 Å². The molecule has 25 heavy (non-hydrogen) atoms. The highest BCUT2D eigenvalue weighted by atomic mass is 19.4. The number of aryl methyl sites for hydroxylation is 2. The minimum Gasteiger partial charge on any atom is -0.358 e. The maximum Gasteiger partial charge on any atom is 0.416 e. The summed E-state index contributed by atoms with van der Waals surface area (Å²) in [6, 6.07) is 10.5. The number of halogens is 3. The minimum absolute atomic E-state index is 0.0888. The Labute approximate surface area is 142 Å². The monoisotopic (exact) mass is 346 g/mol. The largest absolute Gasteiger partial charge is 0.416 e. The molecule has 3 rings (SSSR count). The van der Waals surface area contributed by atoms with Crippen molar-refractivity contribution in [1.29, 1.82) is 0 Å². The first-order chi connectivity index (χ1) is 11.7. The number of amides is 1. The first-order valence-corrected chi connectivity index (χ1v) is 7.79. The maximum absolute atomic E-state index is 12.8. The van der Waals surface area contributed by atoms with Gasteiger partial charge in [0, 0.05) is 22.3 Å². The van der Waals surface area contributed by atoms with Crippen LogP contribution in [0.15, 0.2) is 42.5 Å². The van der Waals surface area contributed by atoms with Gasteiger partial charge in [-0.3, -0.25) is 4.79 Å². The Hall–Kier alpha value is -2.76. The van der Waals surface area contributed by atoms with Crippen LogP contribution in [0.3, 0.4) is 0 Å². The number of anilines is 1. The fourth-order valence-corrected chi connectivity index (χ4v) is 2.86. The molecule has 0 atom stereocenters. The molecule has 2 N–H and O–H groups in total. The molecule has 1 amide bonds. The van der Waals surface area contributed by atoms with E-state index in [1.54, 1.807) is 0 Å². The zero-order valence-corrected chi connectivity index (χ0v) is 13.8. The highest BCUT2D eigenvalue weighted by Crippen LogP contribution is 2.31. The topological polar surface area (TPSA) is 44.9 Å². The minimum atomic E-state index is -4.44. The van der Waals surface area contributed by atoms with Crippen molar-refractivity contribution in [3.8, 4) is 0 Å². The molecule has 0 fully saturated rings. The fraction of sp³-hybridized carbons (Fsp3) is 0.211. The predicted octanol–water partition coefficient (Wildman–Crippen LogP) is 4.98. The van der Waals surface area contributed by atoms with Gasteiger partial charge >= 0.3 is 6.18 Å². The van der Waals surface area contributed by atoms with E-state index in [0.717, 1.165) is 39.9 Å². The lowest BCUT2D eigenvalue weighted by atomic mass is 10.1. The molecule has 0 aliphatic carbocycles. The fourth-order valence-electron chi connectivity index (χ4n) is 2.86. The highest BCUT2D eigenvalue weighted by molar-refractivity contribution is 5.96. The number of nitrogens with one attached hydrogen (secondary N) is 2. The SMILES string of the molecule is Cc1ccc2[nH]c(C)c(CC(=O)Nc3cccc(C(F)(F)F)c3)c2c1. The lowest BCUT2D eigenvalue weighted by molar-refractivity contribution is -0.137. The number of benzene rings is 2. The molecule has 0 bridgehead atoms. The summed E-state index contributed by atoms with van der Waals surface area (Å²) < 4.78 is 38.3. The third-order valence-electron chi connectivity index (χ3n) is 4.09. The van der Waals surface area contributed by atoms with Gasteiger partial charge in [0.1, 0.15) is 0 Å². The summed E-state index contributed by atoms with van der Waals surface area (Å²) in [6.45, 7) is 3.84.